The standard InChI is InChI=1S/C31H34Cl2N4O/c32-28-13-12-25(19-29(28)33)36-31(38)35-20-24(22-7-2-1-3-8-22)9-6-16-37-17-14-23(15-18-37)27-21-34-30-11-5-4-10-26(27)30/h1-5,7-8,10-13,19,21,23-24,34H,6,9,14-18,20H2,(H2,35,36,38). The number of amides is 2. The number of anilines is 1. The van der Waals surface area contributed by atoms with Crippen molar-refractivity contribution in [3.05, 3.63) is 100 Å². The number of H-pyrrole nitrogens is 1. The molecule has 1 saturated heterocycles. The lowest BCUT2D eigenvalue weighted by atomic mass is 9.89. The molecule has 0 aliphatic carbocycles. The zero-order chi connectivity index (χ0) is 26.3. The van der Waals surface area contributed by atoms with Crippen molar-refractivity contribution >= 4 is 45.8 Å². The maximum atomic E-state index is 12.6. The van der Waals surface area contributed by atoms with Gasteiger partial charge in [0.05, 0.1) is 10.0 Å². The Morgan fingerprint density at radius 2 is 1.74 bits per heavy atom. The van der Waals surface area contributed by atoms with Crippen LogP contribution in [0.1, 0.15) is 48.6 Å². The zero-order valence-electron chi connectivity index (χ0n) is 21.4. The highest BCUT2D eigenvalue weighted by Gasteiger charge is 2.23. The van der Waals surface area contributed by atoms with Crippen molar-refractivity contribution in [1.82, 2.24) is 15.2 Å². The van der Waals surface area contributed by atoms with Crippen LogP contribution in [0.15, 0.2) is 79.0 Å². The number of hydrogen-bond acceptors (Lipinski definition) is 2. The Bertz CT molecular complexity index is 1350. The first-order valence-corrected chi connectivity index (χ1v) is 14.2. The van der Waals surface area contributed by atoms with Gasteiger partial charge in [0.15, 0.2) is 0 Å². The van der Waals surface area contributed by atoms with Crippen LogP contribution in [0.2, 0.25) is 10.0 Å². The number of aromatic amines is 1. The summed E-state index contributed by atoms with van der Waals surface area (Å²) in [5.41, 5.74) is 4.57. The van der Waals surface area contributed by atoms with Crippen molar-refractivity contribution in [2.24, 2.45) is 0 Å². The minimum Gasteiger partial charge on any atom is -0.361 e. The van der Waals surface area contributed by atoms with Crippen molar-refractivity contribution < 1.29 is 4.79 Å². The Balaban J connectivity index is 1.11. The van der Waals surface area contributed by atoms with Crippen LogP contribution in [0.25, 0.3) is 10.9 Å². The van der Waals surface area contributed by atoms with Crippen molar-refractivity contribution in [2.75, 3.05) is 31.5 Å². The average molecular weight is 550 g/mol. The molecule has 3 N–H and O–H groups in total. The lowest BCUT2D eigenvalue weighted by Crippen LogP contribution is -2.34. The summed E-state index contributed by atoms with van der Waals surface area (Å²) in [5.74, 6) is 0.872. The fourth-order valence-corrected chi connectivity index (χ4v) is 5.84. The van der Waals surface area contributed by atoms with E-state index < -0.39 is 0 Å². The van der Waals surface area contributed by atoms with Gasteiger partial charge in [0.2, 0.25) is 0 Å². The monoisotopic (exact) mass is 548 g/mol. The number of piperidine rings is 1. The summed E-state index contributed by atoms with van der Waals surface area (Å²) in [5, 5.41) is 8.14. The van der Waals surface area contributed by atoms with E-state index in [1.807, 2.05) is 6.07 Å². The van der Waals surface area contributed by atoms with Gasteiger partial charge in [-0.2, -0.15) is 0 Å². The van der Waals surface area contributed by atoms with E-state index >= 15 is 0 Å². The molecule has 0 saturated carbocycles. The molecule has 1 aromatic heterocycles. The van der Waals surface area contributed by atoms with E-state index in [-0.39, 0.29) is 11.9 Å². The normalized spacial score (nSPS) is 15.4. The highest BCUT2D eigenvalue weighted by Crippen LogP contribution is 2.33. The molecule has 198 valence electrons. The quantitative estimate of drug-likeness (QED) is 0.198. The molecule has 0 spiro atoms. The van der Waals surface area contributed by atoms with Gasteiger partial charge >= 0.3 is 6.03 Å². The number of nitrogens with one attached hydrogen (secondary N) is 3. The number of carbonyl (C=O) groups excluding carboxylic acids is 1. The Morgan fingerprint density at radius 3 is 2.53 bits per heavy atom. The molecule has 0 radical (unpaired) electrons. The number of hydrogen-bond donors (Lipinski definition) is 3. The molecule has 3 aromatic carbocycles. The molecular weight excluding hydrogens is 515 g/mol. The first-order valence-electron chi connectivity index (χ1n) is 13.4. The van der Waals surface area contributed by atoms with Gasteiger partial charge in [-0.25, -0.2) is 4.79 Å². The van der Waals surface area contributed by atoms with Crippen LogP contribution in [-0.2, 0) is 0 Å². The van der Waals surface area contributed by atoms with Gasteiger partial charge in [0, 0.05) is 35.2 Å². The third kappa shape index (κ3) is 6.71. The van der Waals surface area contributed by atoms with Crippen LogP contribution < -0.4 is 10.6 Å². The van der Waals surface area contributed by atoms with Gasteiger partial charge in [0.1, 0.15) is 0 Å². The largest absolute Gasteiger partial charge is 0.361 e. The SMILES string of the molecule is O=C(NCC(CCCN1CCC(c2c[nH]c3ccccc23)CC1)c1ccccc1)Nc1ccc(Cl)c(Cl)c1. The summed E-state index contributed by atoms with van der Waals surface area (Å²) in [7, 11) is 0. The van der Waals surface area contributed by atoms with Gasteiger partial charge in [0.25, 0.3) is 0 Å². The van der Waals surface area contributed by atoms with Crippen molar-refractivity contribution in [2.45, 2.75) is 37.5 Å². The Hall–Kier alpha value is -2.99. The summed E-state index contributed by atoms with van der Waals surface area (Å²) >= 11 is 12.1. The molecule has 4 aromatic rings. The minimum atomic E-state index is -0.247. The molecule has 7 heteroatoms. The number of fused-ring (bicyclic) bond motifs is 1. The maximum Gasteiger partial charge on any atom is 0.319 e. The van der Waals surface area contributed by atoms with Crippen molar-refractivity contribution in [3.8, 4) is 0 Å². The van der Waals surface area contributed by atoms with E-state index in [1.54, 1.807) is 18.2 Å². The predicted octanol–water partition coefficient (Wildman–Crippen LogP) is 8.04. The van der Waals surface area contributed by atoms with E-state index in [0.29, 0.717) is 28.2 Å². The second kappa shape index (κ2) is 12.7. The van der Waals surface area contributed by atoms with Gasteiger partial charge in [-0.15, -0.1) is 0 Å². The Morgan fingerprint density at radius 1 is 0.974 bits per heavy atom. The molecule has 2 amide bonds. The van der Waals surface area contributed by atoms with E-state index in [0.717, 1.165) is 32.5 Å². The molecular formula is C31H34Cl2N4O. The van der Waals surface area contributed by atoms with Gasteiger partial charge in [-0.1, -0.05) is 71.7 Å². The van der Waals surface area contributed by atoms with Crippen LogP contribution >= 0.6 is 23.2 Å². The fraction of sp³-hybridized carbons (Fsp3) is 0.323. The summed E-state index contributed by atoms with van der Waals surface area (Å²) in [6.45, 7) is 3.91. The van der Waals surface area contributed by atoms with Crippen LogP contribution in [0.4, 0.5) is 10.5 Å². The lowest BCUT2D eigenvalue weighted by Gasteiger charge is -2.32. The molecule has 1 aliphatic rings. The smallest absolute Gasteiger partial charge is 0.319 e. The van der Waals surface area contributed by atoms with Crippen LogP contribution in [0.5, 0.6) is 0 Å². The minimum absolute atomic E-state index is 0.247. The molecule has 1 unspecified atom stereocenters. The Kier molecular flexibility index (Phi) is 8.90. The highest BCUT2D eigenvalue weighted by atomic mass is 35.5. The number of aromatic nitrogens is 1. The number of rotatable bonds is 9. The second-order valence-corrected chi connectivity index (χ2v) is 10.9. The topological polar surface area (TPSA) is 60.2 Å². The number of likely N-dealkylation sites (tertiary alicyclic amines) is 1. The van der Waals surface area contributed by atoms with Crippen molar-refractivity contribution in [1.29, 1.82) is 0 Å². The van der Waals surface area contributed by atoms with Crippen LogP contribution in [0, 0.1) is 0 Å². The molecule has 38 heavy (non-hydrogen) atoms. The third-order valence-corrected chi connectivity index (χ3v) is 8.37. The predicted molar refractivity (Wildman–Crippen MR) is 159 cm³/mol. The molecule has 5 nitrogen and oxygen atoms in total. The first-order chi connectivity index (χ1) is 18.6. The Labute approximate surface area is 234 Å². The number of para-hydroxylation sites is 1. The fourth-order valence-electron chi connectivity index (χ4n) is 5.54. The maximum absolute atomic E-state index is 12.6. The molecule has 2 heterocycles. The molecule has 1 aliphatic heterocycles. The first kappa shape index (κ1) is 26.6. The molecule has 1 atom stereocenters. The number of urea groups is 1. The van der Waals surface area contributed by atoms with E-state index in [1.165, 1.54) is 34.9 Å². The second-order valence-electron chi connectivity index (χ2n) is 10.1. The molecule has 0 bridgehead atoms. The summed E-state index contributed by atoms with van der Waals surface area (Å²) in [6, 6.07) is 23.9. The summed E-state index contributed by atoms with van der Waals surface area (Å²) in [6.07, 6.45) is 6.70. The number of benzene rings is 3. The lowest BCUT2D eigenvalue weighted by molar-refractivity contribution is 0.207. The van der Waals surface area contributed by atoms with Crippen LogP contribution in [0.3, 0.4) is 0 Å². The number of carbonyl (C=O) groups is 1. The van der Waals surface area contributed by atoms with Gasteiger partial charge in [-0.05, 0) is 86.6 Å². The highest BCUT2D eigenvalue weighted by molar-refractivity contribution is 6.42. The molecule has 1 fully saturated rings. The zero-order valence-corrected chi connectivity index (χ0v) is 22.9. The third-order valence-electron chi connectivity index (χ3n) is 7.63. The van der Waals surface area contributed by atoms with E-state index in [2.05, 4.69) is 75.2 Å². The van der Waals surface area contributed by atoms with Gasteiger partial charge < -0.3 is 20.5 Å². The summed E-state index contributed by atoms with van der Waals surface area (Å²) < 4.78 is 0. The van der Waals surface area contributed by atoms with Gasteiger partial charge in [-0.3, -0.25) is 0 Å². The van der Waals surface area contributed by atoms with Crippen molar-refractivity contribution in [3.63, 3.8) is 0 Å². The average Bonchev–Trinajstić information content (AvgIpc) is 3.38. The van der Waals surface area contributed by atoms with Crippen LogP contribution in [-0.4, -0.2) is 42.1 Å². The molecule has 5 rings (SSSR count). The van der Waals surface area contributed by atoms with E-state index in [9.17, 15) is 4.79 Å². The number of halogens is 2. The number of nitrogens with zero attached hydrogens (tertiary/aromatic N) is 1. The van der Waals surface area contributed by atoms with E-state index in [4.69, 9.17) is 23.2 Å². The summed E-state index contributed by atoms with van der Waals surface area (Å²) in [4.78, 5) is 18.6.